The minimum absolute atomic E-state index is 0.282. The van der Waals surface area contributed by atoms with Crippen LogP contribution in [0.25, 0.3) is 28.6 Å². The third-order valence-corrected chi connectivity index (χ3v) is 4.45. The van der Waals surface area contributed by atoms with Crippen LogP contribution >= 0.6 is 23.2 Å². The van der Waals surface area contributed by atoms with Gasteiger partial charge in [0, 0.05) is 24.0 Å². The molecule has 27 heavy (non-hydrogen) atoms. The molecule has 3 aromatic heterocycles. The largest absolute Gasteiger partial charge is 0.492 e. The highest BCUT2D eigenvalue weighted by atomic mass is 35.5. The molecule has 0 aliphatic carbocycles. The molecule has 4 aromatic rings. The first-order valence-electron chi connectivity index (χ1n) is 8.33. The van der Waals surface area contributed by atoms with Gasteiger partial charge >= 0.3 is 0 Å². The molecule has 9 heteroatoms. The molecule has 138 valence electrons. The molecular weight excluding hydrogens is 389 g/mol. The smallest absolute Gasteiger partial charge is 0.278 e. The summed E-state index contributed by atoms with van der Waals surface area (Å²) >= 11 is 12.7. The van der Waals surface area contributed by atoms with Crippen LogP contribution < -0.4 is 4.74 Å². The molecule has 0 saturated heterocycles. The van der Waals surface area contributed by atoms with Crippen molar-refractivity contribution in [2.75, 3.05) is 6.61 Å². The van der Waals surface area contributed by atoms with E-state index in [0.717, 1.165) is 12.1 Å². The Hall–Kier alpha value is -2.64. The predicted molar refractivity (Wildman–Crippen MR) is 102 cm³/mol. The lowest BCUT2D eigenvalue weighted by molar-refractivity contribution is 0.317. The van der Waals surface area contributed by atoms with E-state index in [0.29, 0.717) is 45.1 Å². The van der Waals surface area contributed by atoms with Crippen LogP contribution in [-0.2, 0) is 0 Å². The zero-order valence-electron chi connectivity index (χ0n) is 14.6. The number of halogens is 2. The lowest BCUT2D eigenvalue weighted by Crippen LogP contribution is -1.96. The van der Waals surface area contributed by atoms with Gasteiger partial charge in [0.15, 0.2) is 5.65 Å². The quantitative estimate of drug-likeness (QED) is 0.473. The standard InChI is InChI=1S/C18H15Cl2N5O2/c1-3-4-26-15-6-12(19)11(5-13(15)20)17-23-18(27-24-17)14-9-25-8-10(2)21-7-16(25)22-14/h5-9H,3-4H2,1-2H3. The van der Waals surface area contributed by atoms with Crippen molar-refractivity contribution in [1.29, 1.82) is 0 Å². The van der Waals surface area contributed by atoms with Crippen LogP contribution in [-0.4, -0.2) is 31.1 Å². The molecule has 4 rings (SSSR count). The Labute approximate surface area is 164 Å². The Bertz CT molecular complexity index is 1120. The van der Waals surface area contributed by atoms with E-state index >= 15 is 0 Å². The Kier molecular flexibility index (Phi) is 4.72. The minimum Gasteiger partial charge on any atom is -0.492 e. The number of imidazole rings is 1. The fraction of sp³-hybridized carbons (Fsp3) is 0.222. The summed E-state index contributed by atoms with van der Waals surface area (Å²) in [6.45, 7) is 4.48. The van der Waals surface area contributed by atoms with Gasteiger partial charge in [-0.15, -0.1) is 0 Å². The molecule has 0 N–H and O–H groups in total. The highest BCUT2D eigenvalue weighted by Gasteiger charge is 2.18. The summed E-state index contributed by atoms with van der Waals surface area (Å²) in [7, 11) is 0. The van der Waals surface area contributed by atoms with Gasteiger partial charge < -0.3 is 13.7 Å². The zero-order chi connectivity index (χ0) is 19.0. The molecular formula is C18H15Cl2N5O2. The highest BCUT2D eigenvalue weighted by Crippen LogP contribution is 2.36. The first kappa shape index (κ1) is 17.8. The Morgan fingerprint density at radius 3 is 2.81 bits per heavy atom. The molecule has 0 aliphatic rings. The maximum absolute atomic E-state index is 6.36. The van der Waals surface area contributed by atoms with Crippen LogP contribution in [0.15, 0.2) is 35.2 Å². The Balaban J connectivity index is 1.68. The SMILES string of the molecule is CCCOc1cc(Cl)c(-c2noc(-c3cn4cc(C)ncc4n3)n2)cc1Cl. The molecule has 3 heterocycles. The van der Waals surface area contributed by atoms with Crippen molar-refractivity contribution in [1.82, 2.24) is 24.5 Å². The zero-order valence-corrected chi connectivity index (χ0v) is 16.1. The number of fused-ring (bicyclic) bond motifs is 1. The fourth-order valence-electron chi connectivity index (χ4n) is 2.56. The van der Waals surface area contributed by atoms with Crippen LogP contribution in [0.3, 0.4) is 0 Å². The number of nitrogens with zero attached hydrogens (tertiary/aromatic N) is 5. The van der Waals surface area contributed by atoms with E-state index in [1.165, 1.54) is 0 Å². The van der Waals surface area contributed by atoms with Gasteiger partial charge in [-0.2, -0.15) is 4.98 Å². The maximum Gasteiger partial charge on any atom is 0.278 e. The third-order valence-electron chi connectivity index (χ3n) is 3.84. The number of hydrogen-bond acceptors (Lipinski definition) is 6. The number of hydrogen-bond donors (Lipinski definition) is 0. The van der Waals surface area contributed by atoms with Crippen molar-refractivity contribution in [2.45, 2.75) is 20.3 Å². The number of aromatic nitrogens is 5. The van der Waals surface area contributed by atoms with E-state index in [9.17, 15) is 0 Å². The summed E-state index contributed by atoms with van der Waals surface area (Å²) in [6.07, 6.45) is 6.23. The van der Waals surface area contributed by atoms with Crippen molar-refractivity contribution in [3.63, 3.8) is 0 Å². The van der Waals surface area contributed by atoms with E-state index in [2.05, 4.69) is 20.1 Å². The molecule has 0 bridgehead atoms. The van der Waals surface area contributed by atoms with Crippen LogP contribution in [0.2, 0.25) is 10.0 Å². The second-order valence-electron chi connectivity index (χ2n) is 5.95. The monoisotopic (exact) mass is 403 g/mol. The average Bonchev–Trinajstić information content (AvgIpc) is 3.28. The Morgan fingerprint density at radius 2 is 2.00 bits per heavy atom. The van der Waals surface area contributed by atoms with Crippen LogP contribution in [0, 0.1) is 6.92 Å². The summed E-state index contributed by atoms with van der Waals surface area (Å²) in [5.41, 5.74) is 2.67. The van der Waals surface area contributed by atoms with Gasteiger partial charge in [-0.05, 0) is 19.4 Å². The first-order chi connectivity index (χ1) is 13.0. The van der Waals surface area contributed by atoms with Crippen molar-refractivity contribution >= 4 is 28.8 Å². The molecule has 0 spiro atoms. The fourth-order valence-corrected chi connectivity index (χ4v) is 3.02. The van der Waals surface area contributed by atoms with Gasteiger partial charge in [-0.25, -0.2) is 4.98 Å². The lowest BCUT2D eigenvalue weighted by Gasteiger charge is -2.09. The van der Waals surface area contributed by atoms with Gasteiger partial charge in [-0.1, -0.05) is 35.3 Å². The van der Waals surface area contributed by atoms with E-state index < -0.39 is 0 Å². The molecule has 7 nitrogen and oxygen atoms in total. The second-order valence-corrected chi connectivity index (χ2v) is 6.77. The van der Waals surface area contributed by atoms with Gasteiger partial charge in [0.25, 0.3) is 5.89 Å². The average molecular weight is 404 g/mol. The van der Waals surface area contributed by atoms with E-state index in [-0.39, 0.29) is 5.89 Å². The molecule has 1 aromatic carbocycles. The molecule has 0 unspecified atom stereocenters. The summed E-state index contributed by atoms with van der Waals surface area (Å²) in [6, 6.07) is 3.32. The molecule has 0 aliphatic heterocycles. The van der Waals surface area contributed by atoms with Gasteiger partial charge in [0.2, 0.25) is 5.82 Å². The molecule has 0 atom stereocenters. The number of aryl methyl sites for hydroxylation is 1. The molecule has 0 amide bonds. The van der Waals surface area contributed by atoms with Crippen molar-refractivity contribution in [3.05, 3.63) is 46.5 Å². The lowest BCUT2D eigenvalue weighted by atomic mass is 10.2. The number of ether oxygens (including phenoxy) is 1. The van der Waals surface area contributed by atoms with Gasteiger partial charge in [-0.3, -0.25) is 4.98 Å². The summed E-state index contributed by atoms with van der Waals surface area (Å²) in [5, 5.41) is 4.87. The summed E-state index contributed by atoms with van der Waals surface area (Å²) in [4.78, 5) is 13.1. The second kappa shape index (κ2) is 7.17. The Morgan fingerprint density at radius 1 is 1.15 bits per heavy atom. The molecule has 0 fully saturated rings. The van der Waals surface area contributed by atoms with Crippen molar-refractivity contribution in [2.24, 2.45) is 0 Å². The van der Waals surface area contributed by atoms with Crippen molar-refractivity contribution < 1.29 is 9.26 Å². The van der Waals surface area contributed by atoms with E-state index in [1.54, 1.807) is 24.5 Å². The maximum atomic E-state index is 6.36. The number of rotatable bonds is 5. The van der Waals surface area contributed by atoms with Crippen LogP contribution in [0.5, 0.6) is 5.75 Å². The summed E-state index contributed by atoms with van der Waals surface area (Å²) < 4.78 is 12.8. The topological polar surface area (TPSA) is 78.3 Å². The summed E-state index contributed by atoms with van der Waals surface area (Å²) in [5.74, 6) is 1.13. The van der Waals surface area contributed by atoms with Gasteiger partial charge in [0.05, 0.1) is 28.5 Å². The highest BCUT2D eigenvalue weighted by molar-refractivity contribution is 6.36. The van der Waals surface area contributed by atoms with Crippen LogP contribution in [0.1, 0.15) is 19.0 Å². The first-order valence-corrected chi connectivity index (χ1v) is 9.08. The third kappa shape index (κ3) is 3.48. The normalized spacial score (nSPS) is 11.3. The molecule has 0 saturated carbocycles. The van der Waals surface area contributed by atoms with E-state index in [1.807, 2.05) is 24.4 Å². The minimum atomic E-state index is 0.282. The van der Waals surface area contributed by atoms with E-state index in [4.69, 9.17) is 32.5 Å². The van der Waals surface area contributed by atoms with Crippen LogP contribution in [0.4, 0.5) is 0 Å². The molecule has 0 radical (unpaired) electrons. The van der Waals surface area contributed by atoms with Crippen molar-refractivity contribution in [3.8, 4) is 28.7 Å². The predicted octanol–water partition coefficient (Wildman–Crippen LogP) is 4.85. The van der Waals surface area contributed by atoms with Gasteiger partial charge in [0.1, 0.15) is 11.4 Å². The number of benzene rings is 1.